The average molecular weight is 298 g/mol. The molecule has 5 heteroatoms. The highest BCUT2D eigenvalue weighted by Crippen LogP contribution is 2.38. The minimum atomic E-state index is 0.348. The Balaban J connectivity index is 2.22. The van der Waals surface area contributed by atoms with Crippen molar-refractivity contribution in [1.82, 2.24) is 10.3 Å². The number of pyridine rings is 1. The van der Waals surface area contributed by atoms with E-state index in [-0.39, 0.29) is 0 Å². The molecule has 3 unspecified atom stereocenters. The van der Waals surface area contributed by atoms with E-state index in [0.717, 1.165) is 12.3 Å². The molecule has 1 N–H and O–H groups in total. The predicted octanol–water partition coefficient (Wildman–Crippen LogP) is 2.98. The second kappa shape index (κ2) is 7.41. The van der Waals surface area contributed by atoms with Crippen LogP contribution in [0.3, 0.4) is 0 Å². The minimum absolute atomic E-state index is 0.348. The van der Waals surface area contributed by atoms with Crippen LogP contribution in [-0.4, -0.2) is 40.6 Å². The number of hydrogen-bond acceptors (Lipinski definition) is 5. The summed E-state index contributed by atoms with van der Waals surface area (Å²) < 4.78 is 5.30. The molecule has 3 nitrogen and oxygen atoms in total. The fourth-order valence-electron chi connectivity index (χ4n) is 2.38. The normalized spacial score (nSPS) is 25.0. The van der Waals surface area contributed by atoms with E-state index in [1.165, 1.54) is 17.1 Å². The fourth-order valence-corrected chi connectivity index (χ4v) is 5.33. The zero-order valence-corrected chi connectivity index (χ0v) is 13.4. The molecular weight excluding hydrogens is 276 g/mol. The second-order valence-corrected chi connectivity index (χ2v) is 7.38. The number of thioether (sulfide) groups is 2. The van der Waals surface area contributed by atoms with E-state index in [4.69, 9.17) is 4.74 Å². The van der Waals surface area contributed by atoms with Gasteiger partial charge in [0.1, 0.15) is 5.75 Å². The number of nitrogens with one attached hydrogen (secondary N) is 1. The van der Waals surface area contributed by atoms with Crippen LogP contribution in [0.25, 0.3) is 0 Å². The highest BCUT2D eigenvalue weighted by atomic mass is 32.2. The highest BCUT2D eigenvalue weighted by Gasteiger charge is 2.31. The van der Waals surface area contributed by atoms with E-state index < -0.39 is 0 Å². The van der Waals surface area contributed by atoms with Gasteiger partial charge in [-0.2, -0.15) is 23.5 Å². The highest BCUT2D eigenvalue weighted by molar-refractivity contribution is 8.07. The van der Waals surface area contributed by atoms with Gasteiger partial charge in [-0.3, -0.25) is 4.98 Å². The Hall–Kier alpha value is -0.390. The van der Waals surface area contributed by atoms with Gasteiger partial charge >= 0.3 is 0 Å². The first-order valence-corrected chi connectivity index (χ1v) is 8.81. The Morgan fingerprint density at radius 3 is 2.89 bits per heavy atom. The van der Waals surface area contributed by atoms with Crippen LogP contribution < -0.4 is 10.1 Å². The molecule has 2 rings (SSSR count). The van der Waals surface area contributed by atoms with Crippen molar-refractivity contribution in [1.29, 1.82) is 0 Å². The van der Waals surface area contributed by atoms with Crippen LogP contribution >= 0.6 is 23.5 Å². The maximum atomic E-state index is 5.30. The van der Waals surface area contributed by atoms with Gasteiger partial charge in [0.25, 0.3) is 0 Å². The second-order valence-electron chi connectivity index (χ2n) is 4.60. The van der Waals surface area contributed by atoms with Crippen LogP contribution in [0.1, 0.15) is 25.5 Å². The molecule has 0 aliphatic carbocycles. The number of aromatic nitrogens is 1. The van der Waals surface area contributed by atoms with Gasteiger partial charge in [0.15, 0.2) is 0 Å². The summed E-state index contributed by atoms with van der Waals surface area (Å²) in [6.45, 7) is 5.46. The average Bonchev–Trinajstić information content (AvgIpc) is 2.46. The summed E-state index contributed by atoms with van der Waals surface area (Å²) in [5, 5.41) is 4.87. The lowest BCUT2D eigenvalue weighted by Gasteiger charge is -2.35. The summed E-state index contributed by atoms with van der Waals surface area (Å²) in [4.78, 5) is 4.30. The smallest absolute Gasteiger partial charge is 0.137 e. The lowest BCUT2D eigenvalue weighted by molar-refractivity contribution is 0.410. The first kappa shape index (κ1) is 15.0. The number of hydrogen-bond donors (Lipinski definition) is 1. The third kappa shape index (κ3) is 3.80. The molecule has 106 valence electrons. The zero-order chi connectivity index (χ0) is 13.7. The van der Waals surface area contributed by atoms with Crippen molar-refractivity contribution in [2.45, 2.75) is 30.4 Å². The van der Waals surface area contributed by atoms with Crippen LogP contribution in [0.2, 0.25) is 0 Å². The molecule has 1 aliphatic rings. The quantitative estimate of drug-likeness (QED) is 0.904. The molecule has 1 aromatic rings. The first-order valence-electron chi connectivity index (χ1n) is 6.71. The Bertz CT molecular complexity index is 403. The third-order valence-electron chi connectivity index (χ3n) is 3.32. The summed E-state index contributed by atoms with van der Waals surface area (Å²) in [7, 11) is 1.69. The molecule has 0 radical (unpaired) electrons. The van der Waals surface area contributed by atoms with E-state index in [9.17, 15) is 0 Å². The topological polar surface area (TPSA) is 34.2 Å². The molecule has 3 atom stereocenters. The molecule has 0 bridgehead atoms. The summed E-state index contributed by atoms with van der Waals surface area (Å²) in [6.07, 6.45) is 3.72. The number of rotatable bonds is 5. The molecule has 19 heavy (non-hydrogen) atoms. The van der Waals surface area contributed by atoms with Gasteiger partial charge < -0.3 is 10.1 Å². The maximum absolute atomic E-state index is 5.30. The molecule has 1 aliphatic heterocycles. The van der Waals surface area contributed by atoms with Gasteiger partial charge in [-0.05, 0) is 18.2 Å². The van der Waals surface area contributed by atoms with Crippen LogP contribution in [0, 0.1) is 0 Å². The molecule has 0 spiro atoms. The molecule has 0 amide bonds. The Kier molecular flexibility index (Phi) is 5.85. The van der Waals surface area contributed by atoms with E-state index in [2.05, 4.69) is 53.7 Å². The number of nitrogens with zero attached hydrogens (tertiary/aromatic N) is 1. The van der Waals surface area contributed by atoms with Crippen molar-refractivity contribution in [3.05, 3.63) is 24.0 Å². The molecule has 1 aromatic heterocycles. The Morgan fingerprint density at radius 2 is 2.21 bits per heavy atom. The van der Waals surface area contributed by atoms with Gasteiger partial charge in [-0.25, -0.2) is 0 Å². The molecule has 0 saturated carbocycles. The molecule has 1 fully saturated rings. The van der Waals surface area contributed by atoms with Crippen molar-refractivity contribution in [3.8, 4) is 5.75 Å². The van der Waals surface area contributed by atoms with E-state index >= 15 is 0 Å². The first-order chi connectivity index (χ1) is 9.26. The van der Waals surface area contributed by atoms with Crippen LogP contribution in [0.4, 0.5) is 0 Å². The van der Waals surface area contributed by atoms with Crippen molar-refractivity contribution in [2.24, 2.45) is 0 Å². The monoisotopic (exact) mass is 298 g/mol. The molecule has 1 saturated heterocycles. The van der Waals surface area contributed by atoms with Gasteiger partial charge in [-0.15, -0.1) is 0 Å². The largest absolute Gasteiger partial charge is 0.495 e. The Labute approximate surface area is 124 Å². The van der Waals surface area contributed by atoms with Gasteiger partial charge in [-0.1, -0.05) is 13.8 Å². The Morgan fingerprint density at radius 1 is 1.42 bits per heavy atom. The van der Waals surface area contributed by atoms with Crippen molar-refractivity contribution < 1.29 is 4.74 Å². The van der Waals surface area contributed by atoms with Gasteiger partial charge in [0.2, 0.25) is 0 Å². The van der Waals surface area contributed by atoms with Gasteiger partial charge in [0.05, 0.1) is 13.3 Å². The van der Waals surface area contributed by atoms with E-state index in [1.807, 2.05) is 6.20 Å². The summed E-state index contributed by atoms with van der Waals surface area (Å²) >= 11 is 4.15. The zero-order valence-electron chi connectivity index (χ0n) is 11.8. The van der Waals surface area contributed by atoms with Crippen LogP contribution in [-0.2, 0) is 0 Å². The fraction of sp³-hybridized carbons (Fsp3) is 0.643. The van der Waals surface area contributed by atoms with Crippen molar-refractivity contribution >= 4 is 23.5 Å². The number of methoxy groups -OCH3 is 1. The SMILES string of the molecule is CCNC(c1cncc(OC)c1)C1SCCSC1C. The van der Waals surface area contributed by atoms with Gasteiger partial charge in [0, 0.05) is 34.2 Å². The maximum Gasteiger partial charge on any atom is 0.137 e. The molecular formula is C14H22N2OS2. The predicted molar refractivity (Wildman–Crippen MR) is 85.4 cm³/mol. The lowest BCUT2D eigenvalue weighted by atomic mass is 10.0. The van der Waals surface area contributed by atoms with Crippen LogP contribution in [0.15, 0.2) is 18.5 Å². The molecule has 0 aromatic carbocycles. The lowest BCUT2D eigenvalue weighted by Crippen LogP contribution is -2.37. The van der Waals surface area contributed by atoms with Crippen molar-refractivity contribution in [3.63, 3.8) is 0 Å². The number of ether oxygens (including phenoxy) is 1. The van der Waals surface area contributed by atoms with E-state index in [1.54, 1.807) is 13.3 Å². The standard InChI is InChI=1S/C14H22N2OS2/c1-4-16-13(14-10(2)18-5-6-19-14)11-7-12(17-3)9-15-8-11/h7-10,13-14,16H,4-6H2,1-3H3. The summed E-state index contributed by atoms with van der Waals surface area (Å²) in [6, 6.07) is 2.45. The van der Waals surface area contributed by atoms with Crippen LogP contribution in [0.5, 0.6) is 5.75 Å². The molecule has 2 heterocycles. The summed E-state index contributed by atoms with van der Waals surface area (Å²) in [5.74, 6) is 3.33. The minimum Gasteiger partial charge on any atom is -0.495 e. The summed E-state index contributed by atoms with van der Waals surface area (Å²) in [5.41, 5.74) is 1.23. The van der Waals surface area contributed by atoms with E-state index in [0.29, 0.717) is 16.5 Å². The third-order valence-corrected chi connectivity index (χ3v) is 6.51. The van der Waals surface area contributed by atoms with Crippen molar-refractivity contribution in [2.75, 3.05) is 25.2 Å².